The highest BCUT2D eigenvalue weighted by molar-refractivity contribution is 6.34. The standard InChI is InChI=1S/C11H11Cl2N5O/c1-6(7-4-14-18(2)5-7)15-11(19)8-3-9(12)16-17-10(8)13/h3-6H,1-2H3,(H,15,19). The molecule has 100 valence electrons. The molecule has 2 heterocycles. The van der Waals surface area contributed by atoms with Crippen LogP contribution in [0.3, 0.4) is 0 Å². The van der Waals surface area contributed by atoms with Crippen molar-refractivity contribution in [2.45, 2.75) is 13.0 Å². The zero-order chi connectivity index (χ0) is 14.0. The molecule has 0 spiro atoms. The van der Waals surface area contributed by atoms with E-state index in [2.05, 4.69) is 20.6 Å². The molecule has 0 saturated heterocycles. The maximum atomic E-state index is 12.1. The molecule has 2 aromatic heterocycles. The molecular formula is C11H11Cl2N5O. The zero-order valence-corrected chi connectivity index (χ0v) is 11.8. The fraction of sp³-hybridized carbons (Fsp3) is 0.273. The first-order chi connectivity index (χ1) is 8.97. The van der Waals surface area contributed by atoms with E-state index in [1.807, 2.05) is 20.2 Å². The fourth-order valence-electron chi connectivity index (χ4n) is 1.53. The van der Waals surface area contributed by atoms with Crippen molar-refractivity contribution < 1.29 is 4.79 Å². The number of hydrogen-bond acceptors (Lipinski definition) is 4. The molecule has 0 saturated carbocycles. The minimum atomic E-state index is -0.363. The van der Waals surface area contributed by atoms with E-state index < -0.39 is 0 Å². The second-order valence-corrected chi connectivity index (χ2v) is 4.76. The van der Waals surface area contributed by atoms with Gasteiger partial charge in [0.05, 0.1) is 17.8 Å². The van der Waals surface area contributed by atoms with Crippen LogP contribution in [0.1, 0.15) is 28.9 Å². The van der Waals surface area contributed by atoms with Crippen LogP contribution in [0.15, 0.2) is 18.5 Å². The molecule has 1 unspecified atom stereocenters. The van der Waals surface area contributed by atoms with E-state index in [1.165, 1.54) is 6.07 Å². The monoisotopic (exact) mass is 299 g/mol. The summed E-state index contributed by atoms with van der Waals surface area (Å²) in [7, 11) is 1.81. The zero-order valence-electron chi connectivity index (χ0n) is 10.3. The van der Waals surface area contributed by atoms with Gasteiger partial charge < -0.3 is 5.32 Å². The maximum Gasteiger partial charge on any atom is 0.255 e. The van der Waals surface area contributed by atoms with Crippen LogP contribution < -0.4 is 5.32 Å². The predicted octanol–water partition coefficient (Wildman–Crippen LogP) is 2.01. The lowest BCUT2D eigenvalue weighted by molar-refractivity contribution is 0.0939. The van der Waals surface area contributed by atoms with Gasteiger partial charge in [0.25, 0.3) is 5.91 Å². The molecular weight excluding hydrogens is 289 g/mol. The molecule has 0 radical (unpaired) electrons. The quantitative estimate of drug-likeness (QED) is 0.941. The van der Waals surface area contributed by atoms with E-state index in [-0.39, 0.29) is 27.8 Å². The number of rotatable bonds is 3. The molecule has 0 aliphatic heterocycles. The van der Waals surface area contributed by atoms with Crippen LogP contribution in [-0.4, -0.2) is 25.9 Å². The van der Waals surface area contributed by atoms with Crippen molar-refractivity contribution in [2.24, 2.45) is 7.05 Å². The number of aryl methyl sites for hydroxylation is 1. The summed E-state index contributed by atoms with van der Waals surface area (Å²) in [5, 5.41) is 14.1. The van der Waals surface area contributed by atoms with Gasteiger partial charge in [-0.2, -0.15) is 5.10 Å². The van der Waals surface area contributed by atoms with Crippen LogP contribution in [0.2, 0.25) is 10.3 Å². The van der Waals surface area contributed by atoms with Gasteiger partial charge in [-0.25, -0.2) is 0 Å². The summed E-state index contributed by atoms with van der Waals surface area (Å²) in [5.41, 5.74) is 1.08. The second kappa shape index (κ2) is 5.54. The highest BCUT2D eigenvalue weighted by Gasteiger charge is 2.16. The average molecular weight is 300 g/mol. The molecule has 1 N–H and O–H groups in total. The number of halogens is 2. The molecule has 0 aromatic carbocycles. The molecule has 1 atom stereocenters. The Morgan fingerprint density at radius 2 is 2.16 bits per heavy atom. The molecule has 6 nitrogen and oxygen atoms in total. The Bertz CT molecular complexity index is 613. The third-order valence-electron chi connectivity index (χ3n) is 2.54. The van der Waals surface area contributed by atoms with Gasteiger partial charge >= 0.3 is 0 Å². The van der Waals surface area contributed by atoms with Crippen LogP contribution in [0.25, 0.3) is 0 Å². The van der Waals surface area contributed by atoms with Crippen molar-refractivity contribution in [3.63, 3.8) is 0 Å². The van der Waals surface area contributed by atoms with Crippen LogP contribution in [-0.2, 0) is 7.05 Å². The van der Waals surface area contributed by atoms with Gasteiger partial charge in [-0.15, -0.1) is 10.2 Å². The number of amides is 1. The second-order valence-electron chi connectivity index (χ2n) is 4.01. The number of hydrogen-bond donors (Lipinski definition) is 1. The summed E-state index contributed by atoms with van der Waals surface area (Å²) in [6, 6.07) is 1.17. The summed E-state index contributed by atoms with van der Waals surface area (Å²) in [4.78, 5) is 12.1. The van der Waals surface area contributed by atoms with Crippen molar-refractivity contribution in [1.29, 1.82) is 0 Å². The van der Waals surface area contributed by atoms with Gasteiger partial charge in [-0.3, -0.25) is 9.48 Å². The Hall–Kier alpha value is -1.66. The van der Waals surface area contributed by atoms with E-state index in [0.29, 0.717) is 0 Å². The summed E-state index contributed by atoms with van der Waals surface area (Å²) in [5.74, 6) is -0.363. The van der Waals surface area contributed by atoms with E-state index in [1.54, 1.807) is 10.9 Å². The van der Waals surface area contributed by atoms with Crippen LogP contribution in [0.5, 0.6) is 0 Å². The Balaban J connectivity index is 2.15. The van der Waals surface area contributed by atoms with E-state index >= 15 is 0 Å². The fourth-order valence-corrected chi connectivity index (χ4v) is 1.86. The van der Waals surface area contributed by atoms with Crippen molar-refractivity contribution in [3.8, 4) is 0 Å². The molecule has 2 rings (SSSR count). The minimum absolute atomic E-state index is 0.0142. The third kappa shape index (κ3) is 3.21. The molecule has 0 bridgehead atoms. The number of nitrogens with zero attached hydrogens (tertiary/aromatic N) is 4. The van der Waals surface area contributed by atoms with Crippen molar-refractivity contribution in [2.75, 3.05) is 0 Å². The lowest BCUT2D eigenvalue weighted by Crippen LogP contribution is -2.27. The Labute approximate surface area is 119 Å². The lowest BCUT2D eigenvalue weighted by atomic mass is 10.2. The predicted molar refractivity (Wildman–Crippen MR) is 71.1 cm³/mol. The first-order valence-corrected chi connectivity index (χ1v) is 6.21. The molecule has 2 aromatic rings. The largest absolute Gasteiger partial charge is 0.345 e. The number of carbonyl (C=O) groups is 1. The number of nitrogens with one attached hydrogen (secondary N) is 1. The molecule has 1 amide bonds. The summed E-state index contributed by atoms with van der Waals surface area (Å²) >= 11 is 11.5. The number of carbonyl (C=O) groups excluding carboxylic acids is 1. The summed E-state index contributed by atoms with van der Waals surface area (Å²) < 4.78 is 1.66. The third-order valence-corrected chi connectivity index (χ3v) is 3.00. The Kier molecular flexibility index (Phi) is 4.01. The molecule has 0 aliphatic rings. The SMILES string of the molecule is CC(NC(=O)c1cc(Cl)nnc1Cl)c1cnn(C)c1. The summed E-state index contributed by atoms with van der Waals surface area (Å²) in [6.45, 7) is 1.85. The summed E-state index contributed by atoms with van der Waals surface area (Å²) in [6.07, 6.45) is 3.51. The van der Waals surface area contributed by atoms with E-state index in [9.17, 15) is 4.79 Å². The molecule has 0 fully saturated rings. The van der Waals surface area contributed by atoms with Crippen molar-refractivity contribution in [3.05, 3.63) is 39.9 Å². The molecule has 19 heavy (non-hydrogen) atoms. The van der Waals surface area contributed by atoms with Gasteiger partial charge in [-0.05, 0) is 13.0 Å². The first-order valence-electron chi connectivity index (χ1n) is 5.45. The smallest absolute Gasteiger partial charge is 0.255 e. The number of aromatic nitrogens is 4. The average Bonchev–Trinajstić information content (AvgIpc) is 2.79. The highest BCUT2D eigenvalue weighted by atomic mass is 35.5. The van der Waals surface area contributed by atoms with Gasteiger partial charge in [0.1, 0.15) is 0 Å². The van der Waals surface area contributed by atoms with E-state index in [0.717, 1.165) is 5.56 Å². The Morgan fingerprint density at radius 3 is 2.79 bits per heavy atom. The minimum Gasteiger partial charge on any atom is -0.345 e. The maximum absolute atomic E-state index is 12.1. The van der Waals surface area contributed by atoms with E-state index in [4.69, 9.17) is 23.2 Å². The van der Waals surface area contributed by atoms with Gasteiger partial charge in [-0.1, -0.05) is 23.2 Å². The van der Waals surface area contributed by atoms with Crippen molar-refractivity contribution in [1.82, 2.24) is 25.3 Å². The first kappa shape index (κ1) is 13.8. The van der Waals surface area contributed by atoms with Crippen molar-refractivity contribution >= 4 is 29.1 Å². The van der Waals surface area contributed by atoms with Crippen LogP contribution in [0.4, 0.5) is 0 Å². The van der Waals surface area contributed by atoms with Crippen LogP contribution >= 0.6 is 23.2 Å². The van der Waals surface area contributed by atoms with Gasteiger partial charge in [0, 0.05) is 18.8 Å². The molecule has 0 aliphatic carbocycles. The van der Waals surface area contributed by atoms with Gasteiger partial charge in [0.15, 0.2) is 10.3 Å². The normalized spacial score (nSPS) is 12.2. The lowest BCUT2D eigenvalue weighted by Gasteiger charge is -2.12. The van der Waals surface area contributed by atoms with Gasteiger partial charge in [0.2, 0.25) is 0 Å². The Morgan fingerprint density at radius 1 is 1.42 bits per heavy atom. The van der Waals surface area contributed by atoms with Crippen LogP contribution in [0, 0.1) is 0 Å². The topological polar surface area (TPSA) is 72.7 Å². The highest BCUT2D eigenvalue weighted by Crippen LogP contribution is 2.17. The molecule has 8 heteroatoms.